The molecule has 2 N–H and O–H groups in total. The summed E-state index contributed by atoms with van der Waals surface area (Å²) in [6, 6.07) is 4.38. The third kappa shape index (κ3) is 3.63. The van der Waals surface area contributed by atoms with Gasteiger partial charge in [0.2, 0.25) is 0 Å². The van der Waals surface area contributed by atoms with E-state index in [1.807, 2.05) is 0 Å². The van der Waals surface area contributed by atoms with Gasteiger partial charge in [-0.1, -0.05) is 6.92 Å². The van der Waals surface area contributed by atoms with Crippen molar-refractivity contribution in [2.75, 3.05) is 20.2 Å². The minimum absolute atomic E-state index is 0.0934. The van der Waals surface area contributed by atoms with E-state index in [-0.39, 0.29) is 17.9 Å². The molecule has 1 aromatic rings. The molecule has 1 aromatic carbocycles. The van der Waals surface area contributed by atoms with Crippen molar-refractivity contribution in [3.8, 4) is 11.5 Å². The highest BCUT2D eigenvalue weighted by molar-refractivity contribution is 5.97. The van der Waals surface area contributed by atoms with Crippen LogP contribution < -0.4 is 4.74 Å². The third-order valence-electron chi connectivity index (χ3n) is 3.02. The number of phenolic OH excluding ortho intramolecular Hbond substituents is 1. The number of amides is 1. The third-order valence-corrected chi connectivity index (χ3v) is 3.02. The quantitative estimate of drug-likeness (QED) is 0.826. The molecule has 0 aliphatic heterocycles. The predicted octanol–water partition coefficient (Wildman–Crippen LogP) is 1.58. The Hall–Kier alpha value is -2.24. The second-order valence-electron chi connectivity index (χ2n) is 4.47. The molecular formula is C14H19NO5. The lowest BCUT2D eigenvalue weighted by molar-refractivity contribution is -0.141. The van der Waals surface area contributed by atoms with Crippen LogP contribution in [0.1, 0.15) is 24.2 Å². The van der Waals surface area contributed by atoms with Gasteiger partial charge < -0.3 is 19.8 Å². The summed E-state index contributed by atoms with van der Waals surface area (Å²) in [6.07, 6.45) is 0. The van der Waals surface area contributed by atoms with Crippen LogP contribution >= 0.6 is 0 Å². The van der Waals surface area contributed by atoms with Gasteiger partial charge in [0, 0.05) is 19.2 Å². The fraction of sp³-hybridized carbons (Fsp3) is 0.429. The first-order chi connectivity index (χ1) is 9.40. The molecule has 1 rings (SSSR count). The maximum Gasteiger partial charge on any atom is 0.308 e. The summed E-state index contributed by atoms with van der Waals surface area (Å²) in [6.45, 7) is 3.75. The number of phenols is 1. The molecule has 0 fully saturated rings. The largest absolute Gasteiger partial charge is 0.507 e. The van der Waals surface area contributed by atoms with E-state index in [1.165, 1.54) is 31.1 Å². The second-order valence-corrected chi connectivity index (χ2v) is 4.47. The van der Waals surface area contributed by atoms with E-state index in [1.54, 1.807) is 13.0 Å². The molecule has 0 heterocycles. The predicted molar refractivity (Wildman–Crippen MR) is 73.0 cm³/mol. The summed E-state index contributed by atoms with van der Waals surface area (Å²) >= 11 is 0. The van der Waals surface area contributed by atoms with Gasteiger partial charge in [-0.05, 0) is 19.1 Å². The highest BCUT2D eigenvalue weighted by atomic mass is 16.5. The first kappa shape index (κ1) is 15.8. The molecular weight excluding hydrogens is 262 g/mol. The van der Waals surface area contributed by atoms with Gasteiger partial charge in [0.15, 0.2) is 0 Å². The van der Waals surface area contributed by atoms with Crippen LogP contribution in [0.4, 0.5) is 0 Å². The number of hydrogen-bond donors (Lipinski definition) is 2. The number of carbonyl (C=O) groups excluding carboxylic acids is 1. The summed E-state index contributed by atoms with van der Waals surface area (Å²) in [5.74, 6) is -1.77. The zero-order valence-corrected chi connectivity index (χ0v) is 11.8. The molecule has 0 saturated carbocycles. The number of aromatic hydroxyl groups is 1. The molecule has 0 aliphatic carbocycles. The first-order valence-corrected chi connectivity index (χ1v) is 6.29. The van der Waals surface area contributed by atoms with Crippen molar-refractivity contribution >= 4 is 11.9 Å². The van der Waals surface area contributed by atoms with Crippen LogP contribution in [-0.4, -0.2) is 47.2 Å². The fourth-order valence-electron chi connectivity index (χ4n) is 1.75. The number of aliphatic carboxylic acids is 1. The van der Waals surface area contributed by atoms with Gasteiger partial charge in [-0.15, -0.1) is 0 Å². The smallest absolute Gasteiger partial charge is 0.308 e. The molecule has 20 heavy (non-hydrogen) atoms. The molecule has 1 unspecified atom stereocenters. The Bertz CT molecular complexity index is 500. The van der Waals surface area contributed by atoms with Crippen LogP contribution in [0.25, 0.3) is 0 Å². The van der Waals surface area contributed by atoms with E-state index in [4.69, 9.17) is 9.84 Å². The van der Waals surface area contributed by atoms with Crippen molar-refractivity contribution in [2.45, 2.75) is 13.8 Å². The Kier molecular flexibility index (Phi) is 5.37. The van der Waals surface area contributed by atoms with Crippen molar-refractivity contribution in [2.24, 2.45) is 5.92 Å². The van der Waals surface area contributed by atoms with Gasteiger partial charge in [0.05, 0.1) is 18.6 Å². The zero-order valence-electron chi connectivity index (χ0n) is 11.8. The topological polar surface area (TPSA) is 87.1 Å². The van der Waals surface area contributed by atoms with Gasteiger partial charge >= 0.3 is 5.97 Å². The van der Waals surface area contributed by atoms with E-state index in [0.717, 1.165) is 0 Å². The van der Waals surface area contributed by atoms with Crippen LogP contribution in [0.15, 0.2) is 18.2 Å². The van der Waals surface area contributed by atoms with Gasteiger partial charge in [0.1, 0.15) is 11.5 Å². The van der Waals surface area contributed by atoms with Gasteiger partial charge in [-0.2, -0.15) is 0 Å². The van der Waals surface area contributed by atoms with Crippen molar-refractivity contribution in [1.82, 2.24) is 4.90 Å². The van der Waals surface area contributed by atoms with Crippen molar-refractivity contribution < 1.29 is 24.5 Å². The van der Waals surface area contributed by atoms with Crippen LogP contribution in [0, 0.1) is 5.92 Å². The van der Waals surface area contributed by atoms with Crippen molar-refractivity contribution in [1.29, 1.82) is 0 Å². The van der Waals surface area contributed by atoms with E-state index < -0.39 is 17.8 Å². The monoisotopic (exact) mass is 281 g/mol. The van der Waals surface area contributed by atoms with Crippen LogP contribution in [-0.2, 0) is 4.79 Å². The van der Waals surface area contributed by atoms with Crippen molar-refractivity contribution in [3.63, 3.8) is 0 Å². The number of benzene rings is 1. The van der Waals surface area contributed by atoms with Crippen molar-refractivity contribution in [3.05, 3.63) is 23.8 Å². The maximum absolute atomic E-state index is 12.3. The highest BCUT2D eigenvalue weighted by Gasteiger charge is 2.22. The SMILES string of the molecule is CCN(CC(C)C(=O)O)C(=O)c1ccc(OC)cc1O. The lowest BCUT2D eigenvalue weighted by Crippen LogP contribution is -2.36. The van der Waals surface area contributed by atoms with E-state index in [9.17, 15) is 14.7 Å². The number of nitrogens with zero attached hydrogens (tertiary/aromatic N) is 1. The number of rotatable bonds is 6. The molecule has 1 atom stereocenters. The van der Waals surface area contributed by atoms with Crippen LogP contribution in [0.2, 0.25) is 0 Å². The molecule has 6 heteroatoms. The normalized spacial score (nSPS) is 11.8. The minimum atomic E-state index is -0.963. The lowest BCUT2D eigenvalue weighted by atomic mass is 10.1. The lowest BCUT2D eigenvalue weighted by Gasteiger charge is -2.23. The number of carboxylic acids is 1. The summed E-state index contributed by atoms with van der Waals surface area (Å²) in [4.78, 5) is 24.5. The standard InChI is InChI=1S/C14H19NO5/c1-4-15(8-9(2)14(18)19)13(17)11-6-5-10(20-3)7-12(11)16/h5-7,9,16H,4,8H2,1-3H3,(H,18,19). The number of methoxy groups -OCH3 is 1. The molecule has 0 bridgehead atoms. The van der Waals surface area contributed by atoms with E-state index in [0.29, 0.717) is 12.3 Å². The molecule has 0 aliphatic rings. The van der Waals surface area contributed by atoms with Crippen LogP contribution in [0.3, 0.4) is 0 Å². The summed E-state index contributed by atoms with van der Waals surface area (Å²) in [7, 11) is 1.46. The maximum atomic E-state index is 12.3. The van der Waals surface area contributed by atoms with Crippen LogP contribution in [0.5, 0.6) is 11.5 Å². The molecule has 0 aromatic heterocycles. The summed E-state index contributed by atoms with van der Waals surface area (Å²) < 4.78 is 4.95. The zero-order chi connectivity index (χ0) is 15.3. The molecule has 0 spiro atoms. The minimum Gasteiger partial charge on any atom is -0.507 e. The Labute approximate surface area is 117 Å². The van der Waals surface area contributed by atoms with Gasteiger partial charge in [-0.25, -0.2) is 0 Å². The Morgan fingerprint density at radius 2 is 2.05 bits per heavy atom. The number of hydrogen-bond acceptors (Lipinski definition) is 4. The number of carboxylic acid groups (broad SMARTS) is 1. The summed E-state index contributed by atoms with van der Waals surface area (Å²) in [5.41, 5.74) is 0.130. The number of ether oxygens (including phenoxy) is 1. The average molecular weight is 281 g/mol. The van der Waals surface area contributed by atoms with Gasteiger partial charge in [-0.3, -0.25) is 9.59 Å². The summed E-state index contributed by atoms with van der Waals surface area (Å²) in [5, 5.41) is 18.7. The molecule has 6 nitrogen and oxygen atoms in total. The fourth-order valence-corrected chi connectivity index (χ4v) is 1.75. The Morgan fingerprint density at radius 3 is 2.50 bits per heavy atom. The molecule has 0 saturated heterocycles. The average Bonchev–Trinajstić information content (AvgIpc) is 2.43. The second kappa shape index (κ2) is 6.79. The van der Waals surface area contributed by atoms with E-state index in [2.05, 4.69) is 0 Å². The first-order valence-electron chi connectivity index (χ1n) is 6.29. The molecule has 110 valence electrons. The van der Waals surface area contributed by atoms with E-state index >= 15 is 0 Å². The molecule has 1 amide bonds. The molecule has 0 radical (unpaired) electrons. The Balaban J connectivity index is 2.94. The Morgan fingerprint density at radius 1 is 1.40 bits per heavy atom. The van der Waals surface area contributed by atoms with Gasteiger partial charge in [0.25, 0.3) is 5.91 Å². The number of carbonyl (C=O) groups is 2. The highest BCUT2D eigenvalue weighted by Crippen LogP contribution is 2.24.